The Kier molecular flexibility index (Phi) is 5.60. The molecule has 1 aliphatic heterocycles. The van der Waals surface area contributed by atoms with Crippen LogP contribution in [0.1, 0.15) is 24.3 Å². The molecule has 3 rings (SSSR count). The number of para-hydroxylation sites is 1. The van der Waals surface area contributed by atoms with Crippen molar-refractivity contribution in [3.63, 3.8) is 0 Å². The lowest BCUT2D eigenvalue weighted by Gasteiger charge is -2.32. The Hall–Kier alpha value is -1.76. The first-order valence-electron chi connectivity index (χ1n) is 8.12. The summed E-state index contributed by atoms with van der Waals surface area (Å²) in [4.78, 5) is 14.3. The van der Waals surface area contributed by atoms with E-state index in [-0.39, 0.29) is 6.03 Å². The van der Waals surface area contributed by atoms with Crippen LogP contribution >= 0.6 is 22.6 Å². The van der Waals surface area contributed by atoms with Gasteiger partial charge in [-0.05, 0) is 77.2 Å². The van der Waals surface area contributed by atoms with Gasteiger partial charge in [0.1, 0.15) is 5.75 Å². The zero-order valence-corrected chi connectivity index (χ0v) is 15.8. The fourth-order valence-corrected chi connectivity index (χ4v) is 3.49. The lowest BCUT2D eigenvalue weighted by Crippen LogP contribution is -2.40. The van der Waals surface area contributed by atoms with Crippen molar-refractivity contribution in [3.8, 4) is 5.75 Å². The number of rotatable bonds is 3. The van der Waals surface area contributed by atoms with Crippen LogP contribution < -0.4 is 10.1 Å². The van der Waals surface area contributed by atoms with E-state index in [9.17, 15) is 4.79 Å². The van der Waals surface area contributed by atoms with E-state index in [4.69, 9.17) is 4.74 Å². The molecular formula is C19H21IN2O2. The summed E-state index contributed by atoms with van der Waals surface area (Å²) in [6, 6.07) is 16.0. The van der Waals surface area contributed by atoms with Crippen LogP contribution in [-0.2, 0) is 0 Å². The van der Waals surface area contributed by atoms with E-state index in [1.165, 1.54) is 5.56 Å². The van der Waals surface area contributed by atoms with Crippen LogP contribution in [0.5, 0.6) is 5.75 Å². The molecule has 5 heteroatoms. The summed E-state index contributed by atoms with van der Waals surface area (Å²) < 4.78 is 6.62. The van der Waals surface area contributed by atoms with Crippen LogP contribution in [0.25, 0.3) is 0 Å². The first-order chi connectivity index (χ1) is 11.7. The monoisotopic (exact) mass is 436 g/mol. The van der Waals surface area contributed by atoms with Crippen LogP contribution in [0.3, 0.4) is 0 Å². The molecule has 0 unspecified atom stereocenters. The summed E-state index contributed by atoms with van der Waals surface area (Å²) >= 11 is 2.25. The molecule has 2 aromatic rings. The van der Waals surface area contributed by atoms with Crippen LogP contribution in [0.2, 0.25) is 0 Å². The second kappa shape index (κ2) is 7.88. The summed E-state index contributed by atoms with van der Waals surface area (Å²) in [6.45, 7) is 1.53. The SMILES string of the molecule is COc1ccccc1C1CCN(C(=O)Nc2ccc(I)cc2)CC1. The number of carbonyl (C=O) groups excluding carboxylic acids is 1. The van der Waals surface area contributed by atoms with Crippen molar-refractivity contribution in [2.24, 2.45) is 0 Å². The third kappa shape index (κ3) is 4.01. The summed E-state index contributed by atoms with van der Waals surface area (Å²) in [6.07, 6.45) is 1.92. The Morgan fingerprint density at radius 3 is 2.46 bits per heavy atom. The molecule has 4 nitrogen and oxygen atoms in total. The number of hydrogen-bond acceptors (Lipinski definition) is 2. The molecular weight excluding hydrogens is 415 g/mol. The number of nitrogens with one attached hydrogen (secondary N) is 1. The number of likely N-dealkylation sites (tertiary alicyclic amines) is 1. The smallest absolute Gasteiger partial charge is 0.321 e. The van der Waals surface area contributed by atoms with E-state index >= 15 is 0 Å². The zero-order valence-electron chi connectivity index (χ0n) is 13.7. The molecule has 1 saturated heterocycles. The standard InChI is InChI=1S/C19H21IN2O2/c1-24-18-5-3-2-4-17(18)14-10-12-22(13-11-14)19(23)21-16-8-6-15(20)7-9-16/h2-9,14H,10-13H2,1H3,(H,21,23). The van der Waals surface area contributed by atoms with Crippen LogP contribution in [0.15, 0.2) is 48.5 Å². The quantitative estimate of drug-likeness (QED) is 0.709. The van der Waals surface area contributed by atoms with Crippen molar-refractivity contribution >= 4 is 34.3 Å². The largest absolute Gasteiger partial charge is 0.496 e. The van der Waals surface area contributed by atoms with Gasteiger partial charge in [-0.2, -0.15) is 0 Å². The third-order valence-electron chi connectivity index (χ3n) is 4.46. The van der Waals surface area contributed by atoms with E-state index in [1.807, 2.05) is 47.4 Å². The molecule has 2 aromatic carbocycles. The highest BCUT2D eigenvalue weighted by Gasteiger charge is 2.25. The molecule has 0 atom stereocenters. The van der Waals surface area contributed by atoms with Gasteiger partial charge in [0.15, 0.2) is 0 Å². The van der Waals surface area contributed by atoms with Crippen LogP contribution in [0, 0.1) is 3.57 Å². The first kappa shape index (κ1) is 17.1. The fourth-order valence-electron chi connectivity index (χ4n) is 3.13. The molecule has 0 aliphatic carbocycles. The van der Waals surface area contributed by atoms with E-state index in [0.29, 0.717) is 5.92 Å². The number of amides is 2. The zero-order chi connectivity index (χ0) is 16.9. The van der Waals surface area contributed by atoms with Crippen molar-refractivity contribution in [2.75, 3.05) is 25.5 Å². The summed E-state index contributed by atoms with van der Waals surface area (Å²) in [7, 11) is 1.71. The average Bonchev–Trinajstić information content (AvgIpc) is 2.63. The molecule has 126 valence electrons. The number of piperidine rings is 1. The minimum atomic E-state index is -0.0188. The van der Waals surface area contributed by atoms with Gasteiger partial charge in [0.2, 0.25) is 0 Å². The van der Waals surface area contributed by atoms with E-state index < -0.39 is 0 Å². The Morgan fingerprint density at radius 2 is 1.79 bits per heavy atom. The number of ether oxygens (including phenoxy) is 1. The third-order valence-corrected chi connectivity index (χ3v) is 5.18. The van der Waals surface area contributed by atoms with Gasteiger partial charge < -0.3 is 15.0 Å². The molecule has 0 saturated carbocycles. The fraction of sp³-hybridized carbons (Fsp3) is 0.316. The van der Waals surface area contributed by atoms with Crippen molar-refractivity contribution in [1.82, 2.24) is 4.90 Å². The van der Waals surface area contributed by atoms with Gasteiger partial charge in [0.05, 0.1) is 7.11 Å². The second-order valence-electron chi connectivity index (χ2n) is 5.94. The van der Waals surface area contributed by atoms with E-state index in [0.717, 1.165) is 40.9 Å². The van der Waals surface area contributed by atoms with Gasteiger partial charge in [-0.1, -0.05) is 18.2 Å². The highest BCUT2D eigenvalue weighted by molar-refractivity contribution is 14.1. The van der Waals surface area contributed by atoms with Gasteiger partial charge in [-0.3, -0.25) is 0 Å². The minimum absolute atomic E-state index is 0.0188. The maximum Gasteiger partial charge on any atom is 0.321 e. The highest BCUT2D eigenvalue weighted by atomic mass is 127. The molecule has 1 N–H and O–H groups in total. The molecule has 0 bridgehead atoms. The van der Waals surface area contributed by atoms with Crippen molar-refractivity contribution in [1.29, 1.82) is 0 Å². The normalized spacial score (nSPS) is 15.2. The van der Waals surface area contributed by atoms with E-state index in [2.05, 4.69) is 34.0 Å². The lowest BCUT2D eigenvalue weighted by molar-refractivity contribution is 0.194. The molecule has 0 radical (unpaired) electrons. The van der Waals surface area contributed by atoms with Gasteiger partial charge >= 0.3 is 6.03 Å². The number of anilines is 1. The van der Waals surface area contributed by atoms with Crippen LogP contribution in [-0.4, -0.2) is 31.1 Å². The second-order valence-corrected chi connectivity index (χ2v) is 7.19. The number of urea groups is 1. The van der Waals surface area contributed by atoms with Crippen LogP contribution in [0.4, 0.5) is 10.5 Å². The van der Waals surface area contributed by atoms with Crippen molar-refractivity contribution in [2.45, 2.75) is 18.8 Å². The molecule has 2 amide bonds. The number of halogens is 1. The maximum atomic E-state index is 12.4. The Bertz CT molecular complexity index is 695. The predicted octanol–water partition coefficient (Wildman–Crippen LogP) is 4.71. The Labute approximate surface area is 156 Å². The summed E-state index contributed by atoms with van der Waals surface area (Å²) in [5, 5.41) is 2.97. The van der Waals surface area contributed by atoms with Gasteiger partial charge in [0.25, 0.3) is 0 Å². The summed E-state index contributed by atoms with van der Waals surface area (Å²) in [5.74, 6) is 1.39. The van der Waals surface area contributed by atoms with Gasteiger partial charge in [0, 0.05) is 22.3 Å². The molecule has 0 spiro atoms. The predicted molar refractivity (Wildman–Crippen MR) is 105 cm³/mol. The number of methoxy groups -OCH3 is 1. The minimum Gasteiger partial charge on any atom is -0.496 e. The molecule has 1 heterocycles. The molecule has 1 fully saturated rings. The number of nitrogens with zero attached hydrogens (tertiary/aromatic N) is 1. The molecule has 1 aliphatic rings. The number of carbonyl (C=O) groups is 1. The Balaban J connectivity index is 1.58. The topological polar surface area (TPSA) is 41.6 Å². The van der Waals surface area contributed by atoms with Crippen molar-refractivity contribution < 1.29 is 9.53 Å². The van der Waals surface area contributed by atoms with Gasteiger partial charge in [-0.15, -0.1) is 0 Å². The van der Waals surface area contributed by atoms with E-state index in [1.54, 1.807) is 7.11 Å². The number of benzene rings is 2. The average molecular weight is 436 g/mol. The first-order valence-corrected chi connectivity index (χ1v) is 9.19. The van der Waals surface area contributed by atoms with Gasteiger partial charge in [-0.25, -0.2) is 4.79 Å². The van der Waals surface area contributed by atoms with Crippen molar-refractivity contribution in [3.05, 3.63) is 57.7 Å². The summed E-state index contributed by atoms with van der Waals surface area (Å²) in [5.41, 5.74) is 2.09. The Morgan fingerprint density at radius 1 is 1.12 bits per heavy atom. The molecule has 0 aromatic heterocycles. The number of hydrogen-bond donors (Lipinski definition) is 1. The lowest BCUT2D eigenvalue weighted by atomic mass is 9.89. The molecule has 24 heavy (non-hydrogen) atoms. The maximum absolute atomic E-state index is 12.4. The highest BCUT2D eigenvalue weighted by Crippen LogP contribution is 2.34.